The Morgan fingerprint density at radius 2 is 1.65 bits per heavy atom. The summed E-state index contributed by atoms with van der Waals surface area (Å²) in [6.45, 7) is 2.31. The first-order valence-electron chi connectivity index (χ1n) is 9.58. The van der Waals surface area contributed by atoms with Crippen molar-refractivity contribution in [3.05, 3.63) is 66.0 Å². The molecule has 0 atom stereocenters. The Morgan fingerprint density at radius 3 is 2.26 bits per heavy atom. The summed E-state index contributed by atoms with van der Waals surface area (Å²) in [6, 6.07) is 11.9. The van der Waals surface area contributed by atoms with E-state index in [1.54, 1.807) is 24.3 Å². The summed E-state index contributed by atoms with van der Waals surface area (Å²) in [5, 5.41) is 5.42. The summed E-state index contributed by atoms with van der Waals surface area (Å²) in [5.41, 5.74) is 1.22. The van der Waals surface area contributed by atoms with Crippen LogP contribution in [0.4, 0.5) is 10.1 Å². The van der Waals surface area contributed by atoms with Crippen molar-refractivity contribution < 1.29 is 17.6 Å². The summed E-state index contributed by atoms with van der Waals surface area (Å²) in [4.78, 5) is 14.3. The third-order valence-corrected chi connectivity index (χ3v) is 6.86. The van der Waals surface area contributed by atoms with Gasteiger partial charge in [-0.05, 0) is 67.3 Å². The molecule has 2 aromatic rings. The zero-order valence-corrected chi connectivity index (χ0v) is 18.5. The molecule has 0 unspecified atom stereocenters. The second-order valence-corrected chi connectivity index (χ2v) is 9.41. The fraction of sp³-hybridized carbons (Fsp3) is 0.238. The molecule has 2 N–H and O–H groups in total. The van der Waals surface area contributed by atoms with Gasteiger partial charge in [0.2, 0.25) is 15.9 Å². The van der Waals surface area contributed by atoms with Gasteiger partial charge in [0.25, 0.3) is 0 Å². The van der Waals surface area contributed by atoms with Crippen LogP contribution in [0.1, 0.15) is 5.56 Å². The first-order valence-corrected chi connectivity index (χ1v) is 11.4. The van der Waals surface area contributed by atoms with E-state index >= 15 is 0 Å². The summed E-state index contributed by atoms with van der Waals surface area (Å²) in [5.74, 6) is -0.801. The fourth-order valence-electron chi connectivity index (χ4n) is 2.95. The van der Waals surface area contributed by atoms with E-state index < -0.39 is 15.9 Å². The highest BCUT2D eigenvalue weighted by atomic mass is 32.2. The maximum Gasteiger partial charge on any atom is 0.250 e. The van der Waals surface area contributed by atoms with Crippen molar-refractivity contribution in [3.8, 4) is 0 Å². The van der Waals surface area contributed by atoms with Gasteiger partial charge in [-0.1, -0.05) is 12.1 Å². The number of likely N-dealkylation sites (N-methyl/N-ethyl adjacent to an activating group) is 1. The van der Waals surface area contributed by atoms with Gasteiger partial charge < -0.3 is 10.2 Å². The number of carbonyl (C=O) groups is 1. The molecule has 10 heteroatoms. The van der Waals surface area contributed by atoms with Crippen LogP contribution in [-0.2, 0) is 14.8 Å². The molecule has 1 amide bonds. The number of amides is 1. The largest absolute Gasteiger partial charge is 0.332 e. The van der Waals surface area contributed by atoms with Gasteiger partial charge >= 0.3 is 0 Å². The van der Waals surface area contributed by atoms with Crippen LogP contribution < -0.4 is 10.6 Å². The van der Waals surface area contributed by atoms with Crippen molar-refractivity contribution in [2.45, 2.75) is 4.90 Å². The van der Waals surface area contributed by atoms with Gasteiger partial charge in [0, 0.05) is 37.9 Å². The van der Waals surface area contributed by atoms with Gasteiger partial charge in [-0.25, -0.2) is 12.8 Å². The Balaban J connectivity index is 1.54. The molecular formula is C21H23FN4O3S2. The van der Waals surface area contributed by atoms with E-state index in [4.69, 9.17) is 12.2 Å². The van der Waals surface area contributed by atoms with Crippen molar-refractivity contribution in [1.29, 1.82) is 0 Å². The van der Waals surface area contributed by atoms with Crippen LogP contribution >= 0.6 is 12.2 Å². The second kappa shape index (κ2) is 10.1. The first-order chi connectivity index (χ1) is 14.7. The molecule has 1 fully saturated rings. The molecule has 164 valence electrons. The van der Waals surface area contributed by atoms with E-state index in [-0.39, 0.29) is 15.8 Å². The Kier molecular flexibility index (Phi) is 7.50. The van der Waals surface area contributed by atoms with Gasteiger partial charge in [-0.3, -0.25) is 10.1 Å². The fourth-order valence-corrected chi connectivity index (χ4v) is 4.59. The Morgan fingerprint density at radius 1 is 1.03 bits per heavy atom. The van der Waals surface area contributed by atoms with Crippen LogP contribution in [0.3, 0.4) is 0 Å². The first kappa shape index (κ1) is 23.0. The standard InChI is InChI=1S/C21H23FN4O3S2/c1-25-12-14-26(15-13-25)31(28,29)19-9-7-18(8-10-19)23-21(30)24-20(27)11-4-16-2-5-17(22)6-3-16/h2-11H,12-15H2,1H3,(H2,23,24,27,30)/b11-4-. The van der Waals surface area contributed by atoms with Gasteiger partial charge in [0.15, 0.2) is 5.11 Å². The maximum atomic E-state index is 12.9. The summed E-state index contributed by atoms with van der Waals surface area (Å²) < 4.78 is 39.9. The Hall–Kier alpha value is -2.66. The van der Waals surface area contributed by atoms with Crippen molar-refractivity contribution in [2.24, 2.45) is 0 Å². The molecule has 1 saturated heterocycles. The molecule has 0 aliphatic carbocycles. The minimum atomic E-state index is -3.54. The third-order valence-electron chi connectivity index (χ3n) is 4.75. The third kappa shape index (κ3) is 6.41. The highest BCUT2D eigenvalue weighted by molar-refractivity contribution is 7.89. The topological polar surface area (TPSA) is 81.8 Å². The number of anilines is 1. The quantitative estimate of drug-likeness (QED) is 0.524. The predicted octanol–water partition coefficient (Wildman–Crippen LogP) is 2.29. The molecule has 31 heavy (non-hydrogen) atoms. The van der Waals surface area contributed by atoms with Gasteiger partial charge in [-0.15, -0.1) is 0 Å². The minimum absolute atomic E-state index is 0.0726. The van der Waals surface area contributed by atoms with E-state index in [9.17, 15) is 17.6 Å². The number of nitrogens with zero attached hydrogens (tertiary/aromatic N) is 2. The molecule has 0 spiro atoms. The van der Waals surface area contributed by atoms with Crippen molar-refractivity contribution in [2.75, 3.05) is 38.5 Å². The van der Waals surface area contributed by atoms with E-state index in [0.29, 0.717) is 37.4 Å². The van der Waals surface area contributed by atoms with Crippen molar-refractivity contribution >= 4 is 45.0 Å². The molecule has 2 aromatic carbocycles. The number of piperazine rings is 1. The molecule has 0 bridgehead atoms. The molecule has 1 heterocycles. The highest BCUT2D eigenvalue weighted by Crippen LogP contribution is 2.19. The average Bonchev–Trinajstić information content (AvgIpc) is 2.74. The maximum absolute atomic E-state index is 12.9. The lowest BCUT2D eigenvalue weighted by Crippen LogP contribution is -2.46. The number of nitrogens with one attached hydrogen (secondary N) is 2. The van der Waals surface area contributed by atoms with Crippen LogP contribution in [-0.4, -0.2) is 61.9 Å². The van der Waals surface area contributed by atoms with Gasteiger partial charge in [0.05, 0.1) is 4.90 Å². The second-order valence-electron chi connectivity index (χ2n) is 7.06. The number of sulfonamides is 1. The Labute approximate surface area is 186 Å². The van der Waals surface area contributed by atoms with Crippen molar-refractivity contribution in [1.82, 2.24) is 14.5 Å². The normalized spacial score (nSPS) is 15.7. The van der Waals surface area contributed by atoms with Gasteiger partial charge in [0.1, 0.15) is 5.82 Å². The summed E-state index contributed by atoms with van der Waals surface area (Å²) >= 11 is 5.12. The molecular weight excluding hydrogens is 439 g/mol. The number of carbonyl (C=O) groups excluding carboxylic acids is 1. The molecule has 3 rings (SSSR count). The lowest BCUT2D eigenvalue weighted by molar-refractivity contribution is -0.115. The lowest BCUT2D eigenvalue weighted by atomic mass is 10.2. The zero-order chi connectivity index (χ0) is 22.4. The number of benzene rings is 2. The zero-order valence-electron chi connectivity index (χ0n) is 16.9. The number of thiocarbonyl (C=S) groups is 1. The molecule has 7 nitrogen and oxygen atoms in total. The van der Waals surface area contributed by atoms with Gasteiger partial charge in [-0.2, -0.15) is 4.31 Å². The van der Waals surface area contributed by atoms with Crippen LogP contribution in [0.15, 0.2) is 59.5 Å². The number of rotatable bonds is 5. The lowest BCUT2D eigenvalue weighted by Gasteiger charge is -2.31. The molecule has 0 radical (unpaired) electrons. The monoisotopic (exact) mass is 462 g/mol. The Bertz CT molecular complexity index is 1060. The molecule has 1 aliphatic heterocycles. The van der Waals surface area contributed by atoms with E-state index in [2.05, 4.69) is 15.5 Å². The van der Waals surface area contributed by atoms with Crippen LogP contribution in [0.5, 0.6) is 0 Å². The average molecular weight is 463 g/mol. The smallest absolute Gasteiger partial charge is 0.250 e. The predicted molar refractivity (Wildman–Crippen MR) is 122 cm³/mol. The summed E-state index contributed by atoms with van der Waals surface area (Å²) in [6.07, 6.45) is 2.82. The molecule has 1 aliphatic rings. The minimum Gasteiger partial charge on any atom is -0.332 e. The highest BCUT2D eigenvalue weighted by Gasteiger charge is 2.27. The van der Waals surface area contributed by atoms with E-state index in [0.717, 1.165) is 0 Å². The number of hydrogen-bond donors (Lipinski definition) is 2. The summed E-state index contributed by atoms with van der Waals surface area (Å²) in [7, 11) is -1.58. The SMILES string of the molecule is CN1CCN(S(=O)(=O)c2ccc(NC(=S)NC(=O)/C=C\c3ccc(F)cc3)cc2)CC1. The molecule has 0 aromatic heterocycles. The number of hydrogen-bond acceptors (Lipinski definition) is 5. The van der Waals surface area contributed by atoms with Crippen LogP contribution in [0.25, 0.3) is 6.08 Å². The van der Waals surface area contributed by atoms with Crippen LogP contribution in [0.2, 0.25) is 0 Å². The molecule has 0 saturated carbocycles. The van der Waals surface area contributed by atoms with Crippen molar-refractivity contribution in [3.63, 3.8) is 0 Å². The van der Waals surface area contributed by atoms with E-state index in [1.807, 2.05) is 7.05 Å². The van der Waals surface area contributed by atoms with E-state index in [1.165, 1.54) is 40.7 Å². The van der Waals surface area contributed by atoms with Crippen LogP contribution in [0, 0.1) is 5.82 Å². The number of halogens is 1.